The molecule has 0 atom stereocenters. The highest BCUT2D eigenvalue weighted by Gasteiger charge is 1.91. The zero-order chi connectivity index (χ0) is 26.4. The van der Waals surface area contributed by atoms with E-state index in [1.54, 1.807) is 34.0 Å². The Morgan fingerprint density at radius 3 is 1.43 bits per heavy atom. The van der Waals surface area contributed by atoms with Crippen molar-refractivity contribution in [1.29, 1.82) is 0 Å². The molecule has 5 aromatic rings. The highest BCUT2D eigenvalue weighted by Crippen LogP contribution is 2.08. The molecule has 8 nitrogen and oxygen atoms in total. The Morgan fingerprint density at radius 2 is 1.29 bits per heavy atom. The van der Waals surface area contributed by atoms with Crippen molar-refractivity contribution in [3.63, 3.8) is 0 Å². The summed E-state index contributed by atoms with van der Waals surface area (Å²) >= 11 is 7.93. The molecule has 0 aliphatic heterocycles. The molecule has 5 heterocycles. The predicted molar refractivity (Wildman–Crippen MR) is 151 cm³/mol. The molecule has 0 bridgehead atoms. The SMILES string of the molecule is Cc1cnc(C)s1.Cc1csc(C)n1.Cc1nnc(C)s1.Cc1nnsc1C.Cc1nsc(C)n1. The summed E-state index contributed by atoms with van der Waals surface area (Å²) in [7, 11) is 0. The van der Waals surface area contributed by atoms with Crippen LogP contribution in [0.3, 0.4) is 0 Å². The van der Waals surface area contributed by atoms with E-state index in [-0.39, 0.29) is 0 Å². The second-order valence-electron chi connectivity index (χ2n) is 7.11. The minimum Gasteiger partial charge on any atom is -0.250 e. The summed E-state index contributed by atoms with van der Waals surface area (Å²) in [5, 5.41) is 18.8. The monoisotopic (exact) mass is 568 g/mol. The topological polar surface area (TPSA) is 103 Å². The van der Waals surface area contributed by atoms with Gasteiger partial charge in [0.1, 0.15) is 20.8 Å². The fourth-order valence-corrected chi connectivity index (χ4v) is 4.81. The third-order valence-corrected chi connectivity index (χ3v) is 7.52. The second kappa shape index (κ2) is 16.6. The quantitative estimate of drug-likeness (QED) is 0.197. The first kappa shape index (κ1) is 31.0. The van der Waals surface area contributed by atoms with Crippen LogP contribution in [0.2, 0.25) is 0 Å². The molecule has 190 valence electrons. The Labute approximate surface area is 228 Å². The maximum Gasteiger partial charge on any atom is 0.139 e. The van der Waals surface area contributed by atoms with Crippen LogP contribution in [-0.4, -0.2) is 39.1 Å². The molecule has 0 saturated carbocycles. The Bertz CT molecular complexity index is 999. The number of aryl methyl sites for hydroxylation is 10. The number of hydrogen-bond acceptors (Lipinski definition) is 13. The zero-order valence-corrected chi connectivity index (χ0v) is 25.9. The van der Waals surface area contributed by atoms with E-state index in [1.807, 2.05) is 68.5 Å². The van der Waals surface area contributed by atoms with Crippen LogP contribution >= 0.6 is 57.1 Å². The molecule has 0 N–H and O–H groups in total. The summed E-state index contributed by atoms with van der Waals surface area (Å²) in [5.41, 5.74) is 2.17. The molecule has 0 fully saturated rings. The van der Waals surface area contributed by atoms with Gasteiger partial charge in [-0.05, 0) is 92.3 Å². The molecule has 0 spiro atoms. The van der Waals surface area contributed by atoms with E-state index in [0.717, 1.165) is 42.3 Å². The van der Waals surface area contributed by atoms with Crippen LogP contribution in [0.4, 0.5) is 0 Å². The van der Waals surface area contributed by atoms with E-state index >= 15 is 0 Å². The largest absolute Gasteiger partial charge is 0.250 e. The fourth-order valence-electron chi connectivity index (χ4n) is 2.01. The Kier molecular flexibility index (Phi) is 14.7. The molecule has 0 aliphatic rings. The minimum atomic E-state index is 0.877. The number of nitrogens with zero attached hydrogens (tertiary/aromatic N) is 8. The van der Waals surface area contributed by atoms with Gasteiger partial charge in [-0.3, -0.25) is 0 Å². The Balaban J connectivity index is 0.000000219. The van der Waals surface area contributed by atoms with Crippen LogP contribution in [-0.2, 0) is 0 Å². The molecule has 13 heteroatoms. The first-order chi connectivity index (χ1) is 16.5. The first-order valence-corrected chi connectivity index (χ1v) is 14.6. The molecule has 35 heavy (non-hydrogen) atoms. The smallest absolute Gasteiger partial charge is 0.139 e. The molecular formula is C22H32N8S5. The Hall–Kier alpha value is -2.06. The molecule has 0 unspecified atom stereocenters. The molecule has 0 saturated heterocycles. The van der Waals surface area contributed by atoms with Crippen LogP contribution in [0.15, 0.2) is 11.6 Å². The van der Waals surface area contributed by atoms with Gasteiger partial charge in [0, 0.05) is 27.0 Å². The average molecular weight is 569 g/mol. The van der Waals surface area contributed by atoms with Crippen molar-refractivity contribution in [1.82, 2.24) is 39.1 Å². The number of aromatic nitrogens is 8. The highest BCUT2D eigenvalue weighted by atomic mass is 32.1. The maximum atomic E-state index is 4.13. The minimum absolute atomic E-state index is 0.877. The average Bonchev–Trinajstić information content (AvgIpc) is 3.60. The van der Waals surface area contributed by atoms with Crippen LogP contribution in [0.1, 0.15) is 52.0 Å². The summed E-state index contributed by atoms with van der Waals surface area (Å²) in [6, 6.07) is 0. The van der Waals surface area contributed by atoms with Gasteiger partial charge in [0.2, 0.25) is 0 Å². The lowest BCUT2D eigenvalue weighted by Crippen LogP contribution is -1.70. The van der Waals surface area contributed by atoms with Gasteiger partial charge in [0.25, 0.3) is 0 Å². The van der Waals surface area contributed by atoms with Gasteiger partial charge in [-0.1, -0.05) is 4.49 Å². The summed E-state index contributed by atoms with van der Waals surface area (Å²) in [6.07, 6.45) is 1.89. The lowest BCUT2D eigenvalue weighted by Gasteiger charge is -1.74. The van der Waals surface area contributed by atoms with Crippen LogP contribution in [0.5, 0.6) is 0 Å². The van der Waals surface area contributed by atoms with Crippen molar-refractivity contribution in [2.24, 2.45) is 0 Å². The molecule has 0 amide bonds. The summed E-state index contributed by atoms with van der Waals surface area (Å²) in [4.78, 5) is 14.7. The molecule has 0 aliphatic carbocycles. The molecular weight excluding hydrogens is 537 g/mol. The van der Waals surface area contributed by atoms with E-state index in [2.05, 4.69) is 51.4 Å². The van der Waals surface area contributed by atoms with Gasteiger partial charge < -0.3 is 0 Å². The van der Waals surface area contributed by atoms with Crippen molar-refractivity contribution in [3.8, 4) is 0 Å². The first-order valence-electron chi connectivity index (χ1n) is 10.5. The van der Waals surface area contributed by atoms with Gasteiger partial charge in [0.05, 0.1) is 15.7 Å². The van der Waals surface area contributed by atoms with Crippen molar-refractivity contribution >= 4 is 57.1 Å². The number of rotatable bonds is 0. The molecule has 5 aromatic heterocycles. The van der Waals surface area contributed by atoms with Crippen molar-refractivity contribution < 1.29 is 0 Å². The van der Waals surface area contributed by atoms with E-state index in [0.29, 0.717) is 0 Å². The van der Waals surface area contributed by atoms with Crippen molar-refractivity contribution in [3.05, 3.63) is 63.6 Å². The van der Waals surface area contributed by atoms with E-state index < -0.39 is 0 Å². The summed E-state index contributed by atoms with van der Waals surface area (Å²) in [6.45, 7) is 19.8. The molecule has 5 rings (SSSR count). The molecule has 0 radical (unpaired) electrons. The van der Waals surface area contributed by atoms with Gasteiger partial charge in [-0.15, -0.1) is 49.3 Å². The lowest BCUT2D eigenvalue weighted by atomic mass is 10.4. The van der Waals surface area contributed by atoms with Gasteiger partial charge in [-0.2, -0.15) is 4.37 Å². The highest BCUT2D eigenvalue weighted by molar-refractivity contribution is 7.11. The predicted octanol–water partition coefficient (Wildman–Crippen LogP) is 6.98. The lowest BCUT2D eigenvalue weighted by molar-refractivity contribution is 1.02. The van der Waals surface area contributed by atoms with E-state index in [9.17, 15) is 0 Å². The van der Waals surface area contributed by atoms with Crippen molar-refractivity contribution in [2.45, 2.75) is 69.2 Å². The summed E-state index contributed by atoms with van der Waals surface area (Å²) in [5.74, 6) is 0.877. The van der Waals surface area contributed by atoms with Crippen LogP contribution in [0.25, 0.3) is 0 Å². The standard InChI is InChI=1S/2C5H7NS.3C4H6N2S/c1-4-3-7-5(2)6-4;1-4-3-6-5(2)7-4;1-3-5-6-4(2)7-3;1-3-5-4(2)7-6-3;1-3-4(2)7-6-5-3/h2*3H,1-2H3;3*1-2H3. The summed E-state index contributed by atoms with van der Waals surface area (Å²) < 4.78 is 7.66. The van der Waals surface area contributed by atoms with Crippen LogP contribution in [0, 0.1) is 69.2 Å². The van der Waals surface area contributed by atoms with E-state index in [4.69, 9.17) is 0 Å². The number of hydrogen-bond donors (Lipinski definition) is 0. The fraction of sp³-hybridized carbons (Fsp3) is 0.455. The van der Waals surface area contributed by atoms with Gasteiger partial charge in [0.15, 0.2) is 0 Å². The van der Waals surface area contributed by atoms with E-state index in [1.165, 1.54) is 32.8 Å². The van der Waals surface area contributed by atoms with Crippen molar-refractivity contribution in [2.75, 3.05) is 0 Å². The zero-order valence-electron chi connectivity index (χ0n) is 21.8. The third kappa shape index (κ3) is 14.8. The number of thiazole rings is 2. The maximum absolute atomic E-state index is 4.13. The van der Waals surface area contributed by atoms with Gasteiger partial charge in [-0.25, -0.2) is 15.0 Å². The normalized spacial score (nSPS) is 9.43. The third-order valence-electron chi connectivity index (χ3n) is 3.60. The molecule has 0 aromatic carbocycles. The Morgan fingerprint density at radius 1 is 0.629 bits per heavy atom. The van der Waals surface area contributed by atoms with Crippen LogP contribution < -0.4 is 0 Å². The van der Waals surface area contributed by atoms with Gasteiger partial charge >= 0.3 is 0 Å². The second-order valence-corrected chi connectivity index (χ2v) is 12.9.